The van der Waals surface area contributed by atoms with Crippen LogP contribution in [0.3, 0.4) is 0 Å². The highest BCUT2D eigenvalue weighted by Crippen LogP contribution is 2.36. The van der Waals surface area contributed by atoms with Crippen LogP contribution in [0.15, 0.2) is 28.9 Å². The van der Waals surface area contributed by atoms with Crippen LogP contribution >= 0.6 is 23.2 Å². The minimum Gasteiger partial charge on any atom is -0.495 e. The Kier molecular flexibility index (Phi) is 4.42. The molecule has 2 aromatic rings. The van der Waals surface area contributed by atoms with E-state index in [2.05, 4.69) is 5.32 Å². The van der Waals surface area contributed by atoms with E-state index in [4.69, 9.17) is 37.1 Å². The number of benzene rings is 1. The van der Waals surface area contributed by atoms with Gasteiger partial charge in [-0.1, -0.05) is 11.6 Å². The smallest absolute Gasteiger partial charge is 0.260 e. The number of carbonyl (C=O) groups excluding carboxylic acids is 1. The molecule has 1 amide bonds. The van der Waals surface area contributed by atoms with Crippen molar-refractivity contribution in [2.75, 3.05) is 19.5 Å². The number of nitrogens with one attached hydrogen (secondary N) is 1. The molecule has 1 aromatic heterocycles. The third-order valence-electron chi connectivity index (χ3n) is 2.58. The van der Waals surface area contributed by atoms with Crippen molar-refractivity contribution in [3.8, 4) is 11.5 Å². The Balaban J connectivity index is 2.33. The molecule has 7 heteroatoms. The average molecular weight is 316 g/mol. The van der Waals surface area contributed by atoms with Crippen molar-refractivity contribution in [2.45, 2.75) is 0 Å². The molecule has 0 aliphatic carbocycles. The van der Waals surface area contributed by atoms with E-state index >= 15 is 0 Å². The number of halogens is 2. The topological polar surface area (TPSA) is 60.7 Å². The first-order valence-electron chi connectivity index (χ1n) is 5.52. The molecule has 20 heavy (non-hydrogen) atoms. The second kappa shape index (κ2) is 6.07. The fraction of sp³-hybridized carbons (Fsp3) is 0.154. The van der Waals surface area contributed by atoms with Crippen molar-refractivity contribution >= 4 is 34.8 Å². The molecule has 0 fully saturated rings. The monoisotopic (exact) mass is 315 g/mol. The summed E-state index contributed by atoms with van der Waals surface area (Å²) < 4.78 is 15.1. The van der Waals surface area contributed by atoms with Crippen LogP contribution in [0.4, 0.5) is 5.69 Å². The molecule has 0 spiro atoms. The summed E-state index contributed by atoms with van der Waals surface area (Å²) in [5, 5.41) is 3.05. The van der Waals surface area contributed by atoms with Gasteiger partial charge in [0.25, 0.3) is 5.91 Å². The summed E-state index contributed by atoms with van der Waals surface area (Å²) in [5.74, 6) is 0.399. The van der Waals surface area contributed by atoms with Gasteiger partial charge >= 0.3 is 0 Å². The first-order chi connectivity index (χ1) is 9.56. The zero-order valence-corrected chi connectivity index (χ0v) is 12.2. The van der Waals surface area contributed by atoms with Gasteiger partial charge in [-0.3, -0.25) is 4.79 Å². The molecule has 0 aliphatic rings. The van der Waals surface area contributed by atoms with Gasteiger partial charge in [0.05, 0.1) is 36.8 Å². The van der Waals surface area contributed by atoms with E-state index < -0.39 is 5.91 Å². The quantitative estimate of drug-likeness (QED) is 0.930. The van der Waals surface area contributed by atoms with Crippen LogP contribution in [0, 0.1) is 0 Å². The van der Waals surface area contributed by atoms with Crippen LogP contribution in [0.5, 0.6) is 11.5 Å². The molecule has 0 unspecified atom stereocenters. The van der Waals surface area contributed by atoms with E-state index in [1.807, 2.05) is 0 Å². The molecular weight excluding hydrogens is 305 g/mol. The molecule has 0 radical (unpaired) electrons. The van der Waals surface area contributed by atoms with E-state index in [0.29, 0.717) is 22.2 Å². The fourth-order valence-electron chi connectivity index (χ4n) is 1.60. The van der Waals surface area contributed by atoms with Crippen molar-refractivity contribution in [2.24, 2.45) is 0 Å². The normalized spacial score (nSPS) is 10.2. The lowest BCUT2D eigenvalue weighted by molar-refractivity contribution is 0.102. The van der Waals surface area contributed by atoms with Gasteiger partial charge in [0.2, 0.25) is 5.22 Å². The summed E-state index contributed by atoms with van der Waals surface area (Å²) in [6, 6.07) is 4.58. The number of rotatable bonds is 4. The fourth-order valence-corrected chi connectivity index (χ4v) is 2.03. The molecule has 0 bridgehead atoms. The van der Waals surface area contributed by atoms with Crippen LogP contribution in [0.2, 0.25) is 10.2 Å². The van der Waals surface area contributed by atoms with Crippen molar-refractivity contribution in [3.63, 3.8) is 0 Å². The van der Waals surface area contributed by atoms with Crippen LogP contribution < -0.4 is 14.8 Å². The van der Waals surface area contributed by atoms with Gasteiger partial charge in [0, 0.05) is 12.1 Å². The largest absolute Gasteiger partial charge is 0.495 e. The first kappa shape index (κ1) is 14.6. The number of hydrogen-bond acceptors (Lipinski definition) is 4. The second-order valence-corrected chi connectivity index (χ2v) is 4.50. The lowest BCUT2D eigenvalue weighted by Crippen LogP contribution is -2.12. The van der Waals surface area contributed by atoms with Crippen LogP contribution in [-0.2, 0) is 0 Å². The Morgan fingerprint density at radius 1 is 1.20 bits per heavy atom. The van der Waals surface area contributed by atoms with Gasteiger partial charge in [0.15, 0.2) is 0 Å². The number of furan rings is 1. The van der Waals surface area contributed by atoms with E-state index in [-0.39, 0.29) is 10.8 Å². The SMILES string of the molecule is COc1cc(NC(=O)c2ccoc2Cl)c(OC)cc1Cl. The molecule has 0 saturated heterocycles. The summed E-state index contributed by atoms with van der Waals surface area (Å²) in [5.41, 5.74) is 0.638. The van der Waals surface area contributed by atoms with E-state index in [1.165, 1.54) is 26.5 Å². The summed E-state index contributed by atoms with van der Waals surface area (Å²) in [6.07, 6.45) is 1.33. The molecule has 0 saturated carbocycles. The minimum absolute atomic E-state index is 0.0161. The predicted molar refractivity (Wildman–Crippen MR) is 76.2 cm³/mol. The lowest BCUT2D eigenvalue weighted by Gasteiger charge is -2.12. The van der Waals surface area contributed by atoms with Gasteiger partial charge < -0.3 is 19.2 Å². The summed E-state index contributed by atoms with van der Waals surface area (Å²) in [4.78, 5) is 12.1. The number of anilines is 1. The molecule has 1 N–H and O–H groups in total. The van der Waals surface area contributed by atoms with Gasteiger partial charge in [-0.05, 0) is 17.7 Å². The molecule has 1 aromatic carbocycles. The molecule has 5 nitrogen and oxygen atoms in total. The number of methoxy groups -OCH3 is 2. The highest BCUT2D eigenvalue weighted by molar-refractivity contribution is 6.33. The zero-order valence-electron chi connectivity index (χ0n) is 10.7. The summed E-state index contributed by atoms with van der Waals surface area (Å²) >= 11 is 11.7. The number of ether oxygens (including phenoxy) is 2. The average Bonchev–Trinajstić information content (AvgIpc) is 2.86. The van der Waals surface area contributed by atoms with Crippen molar-refractivity contribution in [1.82, 2.24) is 0 Å². The van der Waals surface area contributed by atoms with Crippen molar-refractivity contribution in [3.05, 3.63) is 40.3 Å². The maximum atomic E-state index is 12.1. The van der Waals surface area contributed by atoms with Gasteiger partial charge in [-0.25, -0.2) is 0 Å². The van der Waals surface area contributed by atoms with E-state index in [1.54, 1.807) is 12.1 Å². The maximum Gasteiger partial charge on any atom is 0.260 e. The van der Waals surface area contributed by atoms with Crippen LogP contribution in [0.25, 0.3) is 0 Å². The van der Waals surface area contributed by atoms with Crippen molar-refractivity contribution < 1.29 is 18.7 Å². The van der Waals surface area contributed by atoms with Gasteiger partial charge in [-0.2, -0.15) is 0 Å². The molecule has 106 valence electrons. The third kappa shape index (κ3) is 2.84. The first-order valence-corrected chi connectivity index (χ1v) is 6.28. The Bertz CT molecular complexity index is 639. The Morgan fingerprint density at radius 3 is 2.45 bits per heavy atom. The molecule has 0 atom stereocenters. The maximum absolute atomic E-state index is 12.1. The highest BCUT2D eigenvalue weighted by Gasteiger charge is 2.17. The zero-order chi connectivity index (χ0) is 14.7. The standard InChI is InChI=1S/C13H11Cl2NO4/c1-18-10-6-9(11(19-2)5-8(10)14)16-13(17)7-3-4-20-12(7)15/h3-6H,1-2H3,(H,16,17). The predicted octanol–water partition coefficient (Wildman–Crippen LogP) is 3.86. The number of hydrogen-bond donors (Lipinski definition) is 1. The highest BCUT2D eigenvalue weighted by atomic mass is 35.5. The third-order valence-corrected chi connectivity index (χ3v) is 3.17. The molecule has 0 aliphatic heterocycles. The van der Waals surface area contributed by atoms with E-state index in [0.717, 1.165) is 0 Å². The second-order valence-electron chi connectivity index (χ2n) is 3.75. The summed E-state index contributed by atoms with van der Waals surface area (Å²) in [7, 11) is 2.95. The van der Waals surface area contributed by atoms with Gasteiger partial charge in [0.1, 0.15) is 11.5 Å². The Hall–Kier alpha value is -1.85. The minimum atomic E-state index is -0.425. The van der Waals surface area contributed by atoms with Crippen LogP contribution in [-0.4, -0.2) is 20.1 Å². The van der Waals surface area contributed by atoms with Crippen LogP contribution in [0.1, 0.15) is 10.4 Å². The number of carbonyl (C=O) groups is 1. The Morgan fingerprint density at radius 2 is 1.90 bits per heavy atom. The molecule has 2 rings (SSSR count). The Labute approximate surface area is 125 Å². The van der Waals surface area contributed by atoms with Crippen molar-refractivity contribution in [1.29, 1.82) is 0 Å². The van der Waals surface area contributed by atoms with Gasteiger partial charge in [-0.15, -0.1) is 0 Å². The number of amides is 1. The molecular formula is C13H11Cl2NO4. The molecule has 1 heterocycles. The lowest BCUT2D eigenvalue weighted by atomic mass is 10.2. The summed E-state index contributed by atoms with van der Waals surface area (Å²) in [6.45, 7) is 0. The van der Waals surface area contributed by atoms with E-state index in [9.17, 15) is 4.79 Å².